The number of halogens is 4. The van der Waals surface area contributed by atoms with Crippen LogP contribution in [0.25, 0.3) is 11.3 Å². The molecule has 0 spiro atoms. The standard InChI is InChI=1S/C13H11F4N3/c1-2-18-12-11(19-3-4-20-12)8-5-9(13(15,16)17)7-10(14)6-8/h3-7H,2H2,1H3,(H,18,20). The summed E-state index contributed by atoms with van der Waals surface area (Å²) in [7, 11) is 0. The first-order valence-electron chi connectivity index (χ1n) is 5.85. The van der Waals surface area contributed by atoms with Crippen LogP contribution in [-0.2, 0) is 6.18 Å². The van der Waals surface area contributed by atoms with Crippen molar-refractivity contribution in [2.45, 2.75) is 13.1 Å². The number of anilines is 1. The Hall–Kier alpha value is -2.18. The van der Waals surface area contributed by atoms with E-state index in [-0.39, 0.29) is 11.3 Å². The number of aromatic nitrogens is 2. The second kappa shape index (κ2) is 5.44. The maximum Gasteiger partial charge on any atom is 0.416 e. The Bertz CT molecular complexity index is 611. The molecule has 0 unspecified atom stereocenters. The fourth-order valence-corrected chi connectivity index (χ4v) is 1.74. The smallest absolute Gasteiger partial charge is 0.369 e. The first-order valence-corrected chi connectivity index (χ1v) is 5.85. The highest BCUT2D eigenvalue weighted by Gasteiger charge is 2.31. The number of hydrogen-bond donors (Lipinski definition) is 1. The van der Waals surface area contributed by atoms with Crippen LogP contribution < -0.4 is 5.32 Å². The summed E-state index contributed by atoms with van der Waals surface area (Å²) < 4.78 is 51.5. The molecule has 7 heteroatoms. The van der Waals surface area contributed by atoms with Crippen molar-refractivity contribution in [3.05, 3.63) is 42.0 Å². The molecule has 0 saturated heterocycles. The molecule has 0 atom stereocenters. The number of benzene rings is 1. The third-order valence-corrected chi connectivity index (χ3v) is 2.54. The minimum absolute atomic E-state index is 0.0291. The van der Waals surface area contributed by atoms with E-state index in [9.17, 15) is 17.6 Å². The topological polar surface area (TPSA) is 37.8 Å². The van der Waals surface area contributed by atoms with E-state index in [0.29, 0.717) is 18.4 Å². The van der Waals surface area contributed by atoms with Crippen molar-refractivity contribution in [2.24, 2.45) is 0 Å². The monoisotopic (exact) mass is 285 g/mol. The first-order chi connectivity index (χ1) is 9.41. The van der Waals surface area contributed by atoms with E-state index in [1.54, 1.807) is 0 Å². The maximum atomic E-state index is 13.4. The SMILES string of the molecule is CCNc1nccnc1-c1cc(F)cc(C(F)(F)F)c1. The quantitative estimate of drug-likeness (QED) is 0.873. The zero-order valence-corrected chi connectivity index (χ0v) is 10.5. The molecule has 3 nitrogen and oxygen atoms in total. The predicted molar refractivity (Wildman–Crippen MR) is 66.6 cm³/mol. The van der Waals surface area contributed by atoms with Crippen LogP contribution in [0.15, 0.2) is 30.6 Å². The van der Waals surface area contributed by atoms with Gasteiger partial charge in [-0.05, 0) is 25.1 Å². The summed E-state index contributed by atoms with van der Waals surface area (Å²) in [5.74, 6) is -0.656. The third kappa shape index (κ3) is 3.04. The van der Waals surface area contributed by atoms with Crippen molar-refractivity contribution in [3.63, 3.8) is 0 Å². The van der Waals surface area contributed by atoms with Gasteiger partial charge in [0, 0.05) is 24.5 Å². The molecule has 1 heterocycles. The summed E-state index contributed by atoms with van der Waals surface area (Å²) in [5, 5.41) is 2.87. The Morgan fingerprint density at radius 1 is 1.10 bits per heavy atom. The zero-order valence-electron chi connectivity index (χ0n) is 10.5. The zero-order chi connectivity index (χ0) is 14.8. The van der Waals surface area contributed by atoms with E-state index in [2.05, 4.69) is 15.3 Å². The average Bonchev–Trinajstić information content (AvgIpc) is 2.38. The van der Waals surface area contributed by atoms with Gasteiger partial charge < -0.3 is 5.32 Å². The van der Waals surface area contributed by atoms with Crippen LogP contribution >= 0.6 is 0 Å². The summed E-state index contributed by atoms with van der Waals surface area (Å²) in [6.45, 7) is 2.33. The fourth-order valence-electron chi connectivity index (χ4n) is 1.74. The van der Waals surface area contributed by atoms with Crippen LogP contribution in [0.3, 0.4) is 0 Å². The number of nitrogens with one attached hydrogen (secondary N) is 1. The minimum Gasteiger partial charge on any atom is -0.369 e. The molecule has 2 rings (SSSR count). The highest BCUT2D eigenvalue weighted by atomic mass is 19.4. The third-order valence-electron chi connectivity index (χ3n) is 2.54. The van der Waals surface area contributed by atoms with E-state index in [1.807, 2.05) is 6.92 Å². The predicted octanol–water partition coefficient (Wildman–Crippen LogP) is 3.73. The number of rotatable bonds is 3. The van der Waals surface area contributed by atoms with Crippen molar-refractivity contribution < 1.29 is 17.6 Å². The molecule has 0 fully saturated rings. The Morgan fingerprint density at radius 2 is 1.80 bits per heavy atom. The molecular weight excluding hydrogens is 274 g/mol. The van der Waals surface area contributed by atoms with Crippen LogP contribution in [0.1, 0.15) is 12.5 Å². The molecule has 0 aliphatic carbocycles. The molecule has 0 saturated carbocycles. The van der Waals surface area contributed by atoms with Gasteiger partial charge in [-0.3, -0.25) is 4.98 Å². The largest absolute Gasteiger partial charge is 0.416 e. The lowest BCUT2D eigenvalue weighted by molar-refractivity contribution is -0.137. The molecule has 0 aliphatic heterocycles. The lowest BCUT2D eigenvalue weighted by Gasteiger charge is -2.11. The lowest BCUT2D eigenvalue weighted by atomic mass is 10.1. The molecule has 1 aromatic heterocycles. The molecule has 0 bridgehead atoms. The van der Waals surface area contributed by atoms with E-state index in [0.717, 1.165) is 12.1 Å². The van der Waals surface area contributed by atoms with Gasteiger partial charge in [0.2, 0.25) is 0 Å². The molecule has 106 valence electrons. The van der Waals surface area contributed by atoms with Crippen molar-refractivity contribution in [3.8, 4) is 11.3 Å². The van der Waals surface area contributed by atoms with Gasteiger partial charge >= 0.3 is 6.18 Å². The Labute approximate surface area is 112 Å². The van der Waals surface area contributed by atoms with E-state index in [1.165, 1.54) is 12.4 Å². The van der Waals surface area contributed by atoms with Crippen molar-refractivity contribution in [2.75, 3.05) is 11.9 Å². The summed E-state index contributed by atoms with van der Waals surface area (Å²) in [5.41, 5.74) is -0.846. The second-order valence-electron chi connectivity index (χ2n) is 4.01. The summed E-state index contributed by atoms with van der Waals surface area (Å²) >= 11 is 0. The van der Waals surface area contributed by atoms with Gasteiger partial charge in [0.1, 0.15) is 11.5 Å². The van der Waals surface area contributed by atoms with Crippen LogP contribution in [0.4, 0.5) is 23.4 Å². The Balaban J connectivity index is 2.56. The molecule has 20 heavy (non-hydrogen) atoms. The van der Waals surface area contributed by atoms with Crippen LogP contribution in [0.5, 0.6) is 0 Å². The fraction of sp³-hybridized carbons (Fsp3) is 0.231. The molecule has 1 aromatic carbocycles. The molecule has 0 amide bonds. The van der Waals surface area contributed by atoms with Gasteiger partial charge in [-0.25, -0.2) is 9.37 Å². The van der Waals surface area contributed by atoms with E-state index < -0.39 is 17.6 Å². The van der Waals surface area contributed by atoms with E-state index in [4.69, 9.17) is 0 Å². The number of nitrogens with zero attached hydrogens (tertiary/aromatic N) is 2. The van der Waals surface area contributed by atoms with Gasteiger partial charge in [-0.15, -0.1) is 0 Å². The van der Waals surface area contributed by atoms with Gasteiger partial charge in [-0.2, -0.15) is 13.2 Å². The lowest BCUT2D eigenvalue weighted by Crippen LogP contribution is -2.07. The highest BCUT2D eigenvalue weighted by molar-refractivity contribution is 5.71. The second-order valence-corrected chi connectivity index (χ2v) is 4.01. The highest BCUT2D eigenvalue weighted by Crippen LogP contribution is 2.33. The average molecular weight is 285 g/mol. The minimum atomic E-state index is -4.61. The van der Waals surface area contributed by atoms with Gasteiger partial charge in [0.15, 0.2) is 5.82 Å². The normalized spacial score (nSPS) is 11.4. The summed E-state index contributed by atoms with van der Waals surface area (Å²) in [6.07, 6.45) is -1.86. The van der Waals surface area contributed by atoms with Crippen molar-refractivity contribution >= 4 is 5.82 Å². The summed E-state index contributed by atoms with van der Waals surface area (Å²) in [4.78, 5) is 7.96. The molecule has 1 N–H and O–H groups in total. The van der Waals surface area contributed by atoms with Gasteiger partial charge in [-0.1, -0.05) is 0 Å². The van der Waals surface area contributed by atoms with Crippen molar-refractivity contribution in [1.82, 2.24) is 9.97 Å². The van der Waals surface area contributed by atoms with Crippen LogP contribution in [-0.4, -0.2) is 16.5 Å². The number of alkyl halides is 3. The molecule has 0 aliphatic rings. The molecule has 0 radical (unpaired) electrons. The van der Waals surface area contributed by atoms with Crippen LogP contribution in [0.2, 0.25) is 0 Å². The van der Waals surface area contributed by atoms with E-state index >= 15 is 0 Å². The Kier molecular flexibility index (Phi) is 3.87. The Morgan fingerprint density at radius 3 is 2.45 bits per heavy atom. The van der Waals surface area contributed by atoms with Gasteiger partial charge in [0.05, 0.1) is 5.56 Å². The molecule has 2 aromatic rings. The maximum absolute atomic E-state index is 13.4. The summed E-state index contributed by atoms with van der Waals surface area (Å²) in [6, 6.07) is 2.31. The van der Waals surface area contributed by atoms with Crippen molar-refractivity contribution in [1.29, 1.82) is 0 Å². The number of hydrogen-bond acceptors (Lipinski definition) is 3. The molecular formula is C13H11F4N3. The van der Waals surface area contributed by atoms with Gasteiger partial charge in [0.25, 0.3) is 0 Å². The van der Waals surface area contributed by atoms with Crippen LogP contribution in [0, 0.1) is 5.82 Å². The first kappa shape index (κ1) is 14.2.